The predicted octanol–water partition coefficient (Wildman–Crippen LogP) is 4.32. The first-order valence-corrected chi connectivity index (χ1v) is 7.17. The lowest BCUT2D eigenvalue weighted by molar-refractivity contribution is 0.0456. The van der Waals surface area contributed by atoms with Crippen LogP contribution in [0.3, 0.4) is 0 Å². The first kappa shape index (κ1) is 14.5. The van der Waals surface area contributed by atoms with E-state index >= 15 is 0 Å². The van der Waals surface area contributed by atoms with Crippen molar-refractivity contribution in [1.82, 2.24) is 0 Å². The van der Waals surface area contributed by atoms with Gasteiger partial charge in [-0.1, -0.05) is 51.8 Å². The van der Waals surface area contributed by atoms with Crippen molar-refractivity contribution < 1.29 is 4.74 Å². The number of hydrogen-bond donors (Lipinski definition) is 1. The Morgan fingerprint density at radius 3 is 2.26 bits per heavy atom. The molecule has 4 heteroatoms. The standard InChI is InChI=1S/C15H15BrClNO/c16-13-5-3-12(4-6-13)15(9-18)19-10-11-1-7-14(17)8-2-11/h1-8,15H,9-10,18H2. The predicted molar refractivity (Wildman–Crippen MR) is 82.2 cm³/mol. The summed E-state index contributed by atoms with van der Waals surface area (Å²) < 4.78 is 6.91. The Kier molecular flexibility index (Phi) is 5.40. The summed E-state index contributed by atoms with van der Waals surface area (Å²) in [6.45, 7) is 0.977. The second kappa shape index (κ2) is 7.06. The molecule has 0 aliphatic carbocycles. The molecule has 2 nitrogen and oxygen atoms in total. The third-order valence-electron chi connectivity index (χ3n) is 2.82. The van der Waals surface area contributed by atoms with Crippen LogP contribution < -0.4 is 5.73 Å². The molecule has 2 aromatic carbocycles. The van der Waals surface area contributed by atoms with Gasteiger partial charge >= 0.3 is 0 Å². The van der Waals surface area contributed by atoms with E-state index in [-0.39, 0.29) is 6.10 Å². The third-order valence-corrected chi connectivity index (χ3v) is 3.60. The van der Waals surface area contributed by atoms with Gasteiger partial charge in [0.2, 0.25) is 0 Å². The molecule has 19 heavy (non-hydrogen) atoms. The van der Waals surface area contributed by atoms with Gasteiger partial charge in [0.05, 0.1) is 12.7 Å². The minimum atomic E-state index is -0.0937. The molecule has 1 atom stereocenters. The Morgan fingerprint density at radius 2 is 1.68 bits per heavy atom. The van der Waals surface area contributed by atoms with Gasteiger partial charge in [-0.05, 0) is 35.4 Å². The van der Waals surface area contributed by atoms with Crippen molar-refractivity contribution in [2.45, 2.75) is 12.7 Å². The summed E-state index contributed by atoms with van der Waals surface area (Å²) in [5.41, 5.74) is 7.94. The Balaban J connectivity index is 1.99. The summed E-state index contributed by atoms with van der Waals surface area (Å²) in [7, 11) is 0. The fourth-order valence-electron chi connectivity index (χ4n) is 1.76. The highest BCUT2D eigenvalue weighted by atomic mass is 79.9. The highest BCUT2D eigenvalue weighted by Crippen LogP contribution is 2.21. The Labute approximate surface area is 126 Å². The minimum absolute atomic E-state index is 0.0937. The molecule has 0 heterocycles. The first-order chi connectivity index (χ1) is 9.19. The number of rotatable bonds is 5. The fourth-order valence-corrected chi connectivity index (χ4v) is 2.15. The molecule has 0 bridgehead atoms. The molecule has 0 aromatic heterocycles. The van der Waals surface area contributed by atoms with E-state index in [4.69, 9.17) is 22.1 Å². The van der Waals surface area contributed by atoms with Crippen molar-refractivity contribution in [1.29, 1.82) is 0 Å². The molecule has 0 aliphatic heterocycles. The normalized spacial score (nSPS) is 12.4. The van der Waals surface area contributed by atoms with E-state index in [1.54, 1.807) is 0 Å². The first-order valence-electron chi connectivity index (χ1n) is 6.00. The zero-order chi connectivity index (χ0) is 13.7. The van der Waals surface area contributed by atoms with Crippen LogP contribution in [-0.2, 0) is 11.3 Å². The fraction of sp³-hybridized carbons (Fsp3) is 0.200. The van der Waals surface area contributed by atoms with Crippen LogP contribution in [0.2, 0.25) is 5.02 Å². The smallest absolute Gasteiger partial charge is 0.0951 e. The van der Waals surface area contributed by atoms with Crippen LogP contribution in [0.5, 0.6) is 0 Å². The Hall–Kier alpha value is -0.870. The van der Waals surface area contributed by atoms with Crippen molar-refractivity contribution in [3.8, 4) is 0 Å². The molecule has 0 fully saturated rings. The topological polar surface area (TPSA) is 35.2 Å². The highest BCUT2D eigenvalue weighted by Gasteiger charge is 2.10. The van der Waals surface area contributed by atoms with Gasteiger partial charge in [0.1, 0.15) is 0 Å². The van der Waals surface area contributed by atoms with Crippen molar-refractivity contribution in [2.75, 3.05) is 6.54 Å². The molecule has 2 N–H and O–H groups in total. The quantitative estimate of drug-likeness (QED) is 0.880. The van der Waals surface area contributed by atoms with Gasteiger partial charge in [-0.3, -0.25) is 0 Å². The third kappa shape index (κ3) is 4.32. The van der Waals surface area contributed by atoms with Gasteiger partial charge in [-0.15, -0.1) is 0 Å². The maximum Gasteiger partial charge on any atom is 0.0951 e. The molecule has 2 rings (SSSR count). The number of hydrogen-bond acceptors (Lipinski definition) is 2. The van der Waals surface area contributed by atoms with Crippen molar-refractivity contribution >= 4 is 27.5 Å². The maximum atomic E-state index is 5.86. The molecular weight excluding hydrogens is 326 g/mol. The van der Waals surface area contributed by atoms with E-state index in [1.807, 2.05) is 48.5 Å². The zero-order valence-corrected chi connectivity index (χ0v) is 12.7. The highest BCUT2D eigenvalue weighted by molar-refractivity contribution is 9.10. The van der Waals surface area contributed by atoms with E-state index < -0.39 is 0 Å². The van der Waals surface area contributed by atoms with Gasteiger partial charge in [0.25, 0.3) is 0 Å². The summed E-state index contributed by atoms with van der Waals surface area (Å²) >= 11 is 9.26. The molecule has 2 aromatic rings. The van der Waals surface area contributed by atoms with Crippen LogP contribution in [0.4, 0.5) is 0 Å². The van der Waals surface area contributed by atoms with Crippen LogP contribution >= 0.6 is 27.5 Å². The Bertz CT molecular complexity index is 513. The second-order valence-corrected chi connectivity index (χ2v) is 5.57. The van der Waals surface area contributed by atoms with Crippen LogP contribution in [-0.4, -0.2) is 6.54 Å². The van der Waals surface area contributed by atoms with E-state index in [0.29, 0.717) is 13.2 Å². The summed E-state index contributed by atoms with van der Waals surface area (Å²) in [5, 5.41) is 0.729. The van der Waals surface area contributed by atoms with E-state index in [1.165, 1.54) is 0 Å². The summed E-state index contributed by atoms with van der Waals surface area (Å²) in [4.78, 5) is 0. The van der Waals surface area contributed by atoms with E-state index in [0.717, 1.165) is 20.6 Å². The average molecular weight is 341 g/mol. The van der Waals surface area contributed by atoms with Crippen LogP contribution in [0.15, 0.2) is 53.0 Å². The molecule has 0 radical (unpaired) electrons. The van der Waals surface area contributed by atoms with Crippen LogP contribution in [0, 0.1) is 0 Å². The zero-order valence-electron chi connectivity index (χ0n) is 10.4. The monoisotopic (exact) mass is 339 g/mol. The lowest BCUT2D eigenvalue weighted by atomic mass is 10.1. The lowest BCUT2D eigenvalue weighted by Gasteiger charge is -2.16. The molecule has 100 valence electrons. The lowest BCUT2D eigenvalue weighted by Crippen LogP contribution is -2.15. The maximum absolute atomic E-state index is 5.86. The minimum Gasteiger partial charge on any atom is -0.368 e. The van der Waals surface area contributed by atoms with Gasteiger partial charge < -0.3 is 10.5 Å². The van der Waals surface area contributed by atoms with Gasteiger partial charge in [0.15, 0.2) is 0 Å². The van der Waals surface area contributed by atoms with Gasteiger partial charge in [-0.25, -0.2) is 0 Å². The van der Waals surface area contributed by atoms with Gasteiger partial charge in [0, 0.05) is 16.0 Å². The number of ether oxygens (including phenoxy) is 1. The molecule has 0 saturated carbocycles. The van der Waals surface area contributed by atoms with Crippen LogP contribution in [0.1, 0.15) is 17.2 Å². The average Bonchev–Trinajstić information content (AvgIpc) is 2.43. The second-order valence-electron chi connectivity index (χ2n) is 4.21. The Morgan fingerprint density at radius 1 is 1.05 bits per heavy atom. The largest absolute Gasteiger partial charge is 0.368 e. The molecule has 0 amide bonds. The van der Waals surface area contributed by atoms with Crippen LogP contribution in [0.25, 0.3) is 0 Å². The van der Waals surface area contributed by atoms with Crippen molar-refractivity contribution in [3.05, 3.63) is 69.2 Å². The van der Waals surface area contributed by atoms with Crippen molar-refractivity contribution in [2.24, 2.45) is 5.73 Å². The van der Waals surface area contributed by atoms with E-state index in [2.05, 4.69) is 15.9 Å². The SMILES string of the molecule is NCC(OCc1ccc(Cl)cc1)c1ccc(Br)cc1. The number of nitrogens with two attached hydrogens (primary N) is 1. The molecule has 0 saturated heterocycles. The number of halogens is 2. The molecule has 1 unspecified atom stereocenters. The summed E-state index contributed by atoms with van der Waals surface area (Å²) in [6, 6.07) is 15.6. The molecule has 0 aliphatic rings. The van der Waals surface area contributed by atoms with E-state index in [9.17, 15) is 0 Å². The number of benzene rings is 2. The molecular formula is C15H15BrClNO. The molecule has 0 spiro atoms. The summed E-state index contributed by atoms with van der Waals surface area (Å²) in [5.74, 6) is 0. The van der Waals surface area contributed by atoms with Crippen molar-refractivity contribution in [3.63, 3.8) is 0 Å². The van der Waals surface area contributed by atoms with Gasteiger partial charge in [-0.2, -0.15) is 0 Å². The summed E-state index contributed by atoms with van der Waals surface area (Å²) in [6.07, 6.45) is -0.0937.